The normalized spacial score (nSPS) is 11.6. The summed E-state index contributed by atoms with van der Waals surface area (Å²) in [5, 5.41) is 10.4. The number of hydrogen-bond donors (Lipinski definition) is 2. The van der Waals surface area contributed by atoms with Gasteiger partial charge in [0.25, 0.3) is 0 Å². The van der Waals surface area contributed by atoms with Crippen molar-refractivity contribution < 1.29 is 5.11 Å². The SMILES string of the molecule is CCCCC(CC)C[O-].CCc1ccc([N+](=C(N)N)c2ccc(CC)c(CC)c2C)c(C)c1CC. The van der Waals surface area contributed by atoms with Crippen molar-refractivity contribution in [3.8, 4) is 0 Å². The Morgan fingerprint density at radius 1 is 0.771 bits per heavy atom. The molecule has 1 atom stereocenters. The maximum absolute atomic E-state index is 10.4. The molecule has 0 spiro atoms. The van der Waals surface area contributed by atoms with E-state index in [2.05, 4.69) is 79.7 Å². The summed E-state index contributed by atoms with van der Waals surface area (Å²) >= 11 is 0. The summed E-state index contributed by atoms with van der Waals surface area (Å²) in [6.07, 6.45) is 8.73. The fourth-order valence-electron chi connectivity index (χ4n) is 5.04. The van der Waals surface area contributed by atoms with E-state index in [-0.39, 0.29) is 6.61 Å². The molecule has 0 fully saturated rings. The molecule has 0 aromatic heterocycles. The van der Waals surface area contributed by atoms with Crippen LogP contribution in [0.1, 0.15) is 101 Å². The maximum atomic E-state index is 10.4. The van der Waals surface area contributed by atoms with Crippen molar-refractivity contribution in [3.05, 3.63) is 57.6 Å². The zero-order valence-electron chi connectivity index (χ0n) is 23.8. The summed E-state index contributed by atoms with van der Waals surface area (Å²) in [5.74, 6) is 0.763. The molecule has 0 amide bonds. The van der Waals surface area contributed by atoms with Gasteiger partial charge in [0.05, 0.1) is 0 Å². The third kappa shape index (κ3) is 7.83. The molecule has 2 rings (SSSR count). The van der Waals surface area contributed by atoms with Gasteiger partial charge in [-0.05, 0) is 85.0 Å². The minimum Gasteiger partial charge on any atom is -0.854 e. The Bertz CT molecular complexity index is 891. The first-order valence-corrected chi connectivity index (χ1v) is 13.7. The van der Waals surface area contributed by atoms with Gasteiger partial charge in [-0.2, -0.15) is 4.58 Å². The topological polar surface area (TPSA) is 78.1 Å². The van der Waals surface area contributed by atoms with Crippen LogP contribution >= 0.6 is 0 Å². The van der Waals surface area contributed by atoms with E-state index in [1.165, 1.54) is 46.2 Å². The summed E-state index contributed by atoms with van der Waals surface area (Å²) in [4.78, 5) is 0. The van der Waals surface area contributed by atoms with Gasteiger partial charge in [-0.3, -0.25) is 11.5 Å². The second-order valence-corrected chi connectivity index (χ2v) is 9.45. The number of aryl methyl sites for hydroxylation is 2. The fourth-order valence-corrected chi connectivity index (χ4v) is 5.04. The minimum atomic E-state index is 0.122. The Kier molecular flexibility index (Phi) is 13.7. The van der Waals surface area contributed by atoms with Crippen LogP contribution in [-0.2, 0) is 25.7 Å². The Labute approximate surface area is 215 Å². The summed E-state index contributed by atoms with van der Waals surface area (Å²) in [7, 11) is 0. The van der Waals surface area contributed by atoms with Crippen molar-refractivity contribution in [2.24, 2.45) is 17.4 Å². The molecule has 0 heterocycles. The van der Waals surface area contributed by atoms with Crippen LogP contribution in [0.4, 0.5) is 11.4 Å². The van der Waals surface area contributed by atoms with Gasteiger partial charge in [-0.15, -0.1) is 6.61 Å². The average Bonchev–Trinajstić information content (AvgIpc) is 2.86. The van der Waals surface area contributed by atoms with E-state index in [4.69, 9.17) is 11.5 Å². The predicted octanol–water partition coefficient (Wildman–Crippen LogP) is 6.22. The molecular formula is C31H51N3O. The standard InChI is InChI=1S/C23H33N3.C8H17O/c1-7-17-11-13-21(15(5)19(17)9-3)26(23(24)25)22-14-12-18(8-2)20(10-4)16(22)6;1-3-5-6-8(4-2)7-9/h11-14H,7-10H2,1-6H3,(H3,24,25);8H,3-7H2,1-2H3/q;-1/p+1. The van der Waals surface area contributed by atoms with Crippen molar-refractivity contribution in [1.29, 1.82) is 0 Å². The quantitative estimate of drug-likeness (QED) is 0.227. The van der Waals surface area contributed by atoms with Crippen molar-refractivity contribution in [3.63, 3.8) is 0 Å². The van der Waals surface area contributed by atoms with E-state index in [0.29, 0.717) is 11.9 Å². The molecule has 2 aromatic carbocycles. The van der Waals surface area contributed by atoms with E-state index in [0.717, 1.165) is 49.9 Å². The molecular weight excluding hydrogens is 430 g/mol. The zero-order valence-corrected chi connectivity index (χ0v) is 23.8. The Morgan fingerprint density at radius 3 is 1.51 bits per heavy atom. The number of hydrogen-bond acceptors (Lipinski definition) is 1. The number of rotatable bonds is 11. The molecule has 0 bridgehead atoms. The van der Waals surface area contributed by atoms with Crippen LogP contribution in [0.5, 0.6) is 0 Å². The average molecular weight is 482 g/mol. The molecule has 0 aliphatic carbocycles. The molecule has 0 saturated heterocycles. The van der Waals surface area contributed by atoms with Crippen LogP contribution in [0.3, 0.4) is 0 Å². The van der Waals surface area contributed by atoms with Crippen LogP contribution in [0.15, 0.2) is 24.3 Å². The summed E-state index contributed by atoms with van der Waals surface area (Å²) in [6.45, 7) is 17.6. The van der Waals surface area contributed by atoms with Gasteiger partial charge >= 0.3 is 5.96 Å². The second kappa shape index (κ2) is 15.6. The lowest BCUT2D eigenvalue weighted by Gasteiger charge is -2.20. The van der Waals surface area contributed by atoms with Gasteiger partial charge < -0.3 is 5.11 Å². The van der Waals surface area contributed by atoms with Crippen molar-refractivity contribution >= 4 is 17.3 Å². The number of unbranched alkanes of at least 4 members (excludes halogenated alkanes) is 1. The fraction of sp³-hybridized carbons (Fsp3) is 0.581. The van der Waals surface area contributed by atoms with E-state index >= 15 is 0 Å². The summed E-state index contributed by atoms with van der Waals surface area (Å²) in [5.41, 5.74) is 22.6. The lowest BCUT2D eigenvalue weighted by Crippen LogP contribution is -2.34. The van der Waals surface area contributed by atoms with Crippen LogP contribution in [-0.4, -0.2) is 12.6 Å². The molecule has 2 aromatic rings. The lowest BCUT2D eigenvalue weighted by atomic mass is 9.94. The Balaban J connectivity index is 0.000000579. The second-order valence-electron chi connectivity index (χ2n) is 9.45. The first kappa shape index (κ1) is 30.7. The van der Waals surface area contributed by atoms with Gasteiger partial charge in [-0.25, -0.2) is 0 Å². The summed E-state index contributed by atoms with van der Waals surface area (Å²) in [6, 6.07) is 8.75. The first-order valence-electron chi connectivity index (χ1n) is 13.7. The van der Waals surface area contributed by atoms with E-state index in [1.54, 1.807) is 0 Å². The van der Waals surface area contributed by atoms with Gasteiger partial charge in [0, 0.05) is 0 Å². The summed E-state index contributed by atoms with van der Waals surface area (Å²) < 4.78 is 2.02. The number of nitrogens with zero attached hydrogens (tertiary/aromatic N) is 1. The van der Waals surface area contributed by atoms with E-state index < -0.39 is 0 Å². The van der Waals surface area contributed by atoms with E-state index in [1.807, 2.05) is 4.58 Å². The molecule has 4 heteroatoms. The number of guanidine groups is 1. The van der Waals surface area contributed by atoms with Crippen LogP contribution < -0.4 is 21.1 Å². The number of nitrogens with two attached hydrogens (primary N) is 2. The van der Waals surface area contributed by atoms with Crippen molar-refractivity contribution in [1.82, 2.24) is 4.58 Å². The third-order valence-corrected chi connectivity index (χ3v) is 7.32. The Hall–Kier alpha value is -2.33. The molecule has 0 aliphatic rings. The van der Waals surface area contributed by atoms with Crippen molar-refractivity contribution in [2.75, 3.05) is 6.61 Å². The minimum absolute atomic E-state index is 0.122. The largest absolute Gasteiger partial charge is 0.854 e. The first-order chi connectivity index (χ1) is 16.7. The zero-order chi connectivity index (χ0) is 26.5. The smallest absolute Gasteiger partial charge is 0.351 e. The molecule has 1 unspecified atom stereocenters. The van der Waals surface area contributed by atoms with Crippen LogP contribution in [0, 0.1) is 19.8 Å². The molecule has 35 heavy (non-hydrogen) atoms. The van der Waals surface area contributed by atoms with Gasteiger partial charge in [0.15, 0.2) is 0 Å². The molecule has 4 nitrogen and oxygen atoms in total. The molecule has 0 aliphatic heterocycles. The molecule has 0 radical (unpaired) electrons. The lowest BCUT2D eigenvalue weighted by molar-refractivity contribution is -0.379. The van der Waals surface area contributed by atoms with Crippen LogP contribution in [0.2, 0.25) is 0 Å². The Morgan fingerprint density at radius 2 is 1.23 bits per heavy atom. The molecule has 196 valence electrons. The third-order valence-electron chi connectivity index (χ3n) is 7.32. The molecule has 0 saturated carbocycles. The highest BCUT2D eigenvalue weighted by atomic mass is 16.3. The molecule has 4 N–H and O–H groups in total. The van der Waals surface area contributed by atoms with E-state index in [9.17, 15) is 5.11 Å². The monoisotopic (exact) mass is 481 g/mol. The highest BCUT2D eigenvalue weighted by molar-refractivity contribution is 5.85. The number of benzene rings is 2. The van der Waals surface area contributed by atoms with Crippen LogP contribution in [0.25, 0.3) is 0 Å². The van der Waals surface area contributed by atoms with Gasteiger partial charge in [-0.1, -0.05) is 85.3 Å². The predicted molar refractivity (Wildman–Crippen MR) is 153 cm³/mol. The van der Waals surface area contributed by atoms with Gasteiger partial charge in [0.1, 0.15) is 11.4 Å². The maximum Gasteiger partial charge on any atom is 0.351 e. The highest BCUT2D eigenvalue weighted by Gasteiger charge is 2.20. The van der Waals surface area contributed by atoms with Gasteiger partial charge in [0.2, 0.25) is 0 Å². The highest BCUT2D eigenvalue weighted by Crippen LogP contribution is 2.33. The van der Waals surface area contributed by atoms with Crippen molar-refractivity contribution in [2.45, 2.75) is 107 Å².